The Hall–Kier alpha value is -3.58. The Bertz CT molecular complexity index is 1070. The Morgan fingerprint density at radius 1 is 1.09 bits per heavy atom. The van der Waals surface area contributed by atoms with E-state index >= 15 is 0 Å². The maximum atomic E-state index is 12.6. The first-order valence-corrected chi connectivity index (χ1v) is 12.2. The maximum absolute atomic E-state index is 12.6. The number of hydrogen-bond donors (Lipinski definition) is 7. The molecule has 0 radical (unpaired) electrons. The lowest BCUT2D eigenvalue weighted by Gasteiger charge is -2.20. The molecule has 0 aliphatic carbocycles. The van der Waals surface area contributed by atoms with Gasteiger partial charge in [-0.2, -0.15) is 11.8 Å². The average Bonchev–Trinajstić information content (AvgIpc) is 3.21. The number of carbonyl (C=O) groups excluding carboxylic acids is 4. The van der Waals surface area contributed by atoms with Crippen molar-refractivity contribution in [2.45, 2.75) is 37.4 Å². The molecule has 12 nitrogen and oxygen atoms in total. The fourth-order valence-electron chi connectivity index (χ4n) is 3.35. The number of fused-ring (bicyclic) bond motifs is 1. The molecule has 0 bridgehead atoms. The summed E-state index contributed by atoms with van der Waals surface area (Å²) in [6, 6.07) is 3.97. The van der Waals surface area contributed by atoms with Crippen LogP contribution in [0.15, 0.2) is 30.5 Å². The molecule has 190 valence electrons. The van der Waals surface area contributed by atoms with Crippen molar-refractivity contribution in [3.05, 3.63) is 36.0 Å². The summed E-state index contributed by atoms with van der Waals surface area (Å²) in [7, 11) is 0. The number of nitrogens with two attached hydrogens (primary N) is 2. The summed E-state index contributed by atoms with van der Waals surface area (Å²) >= 11 is 1.45. The second-order valence-electron chi connectivity index (χ2n) is 7.86. The van der Waals surface area contributed by atoms with Gasteiger partial charge in [-0.05, 0) is 30.1 Å². The van der Waals surface area contributed by atoms with Crippen molar-refractivity contribution in [1.82, 2.24) is 20.9 Å². The highest BCUT2D eigenvalue weighted by atomic mass is 32.2. The zero-order valence-corrected chi connectivity index (χ0v) is 20.0. The summed E-state index contributed by atoms with van der Waals surface area (Å²) in [5.74, 6) is -3.51. The highest BCUT2D eigenvalue weighted by Gasteiger charge is 2.26. The molecule has 0 aliphatic rings. The first-order chi connectivity index (χ1) is 16.6. The molecule has 0 aliphatic heterocycles. The van der Waals surface area contributed by atoms with Crippen molar-refractivity contribution in [2.75, 3.05) is 18.6 Å². The van der Waals surface area contributed by atoms with E-state index in [0.717, 1.165) is 16.5 Å². The van der Waals surface area contributed by atoms with Crippen molar-refractivity contribution in [3.8, 4) is 0 Å². The van der Waals surface area contributed by atoms with Crippen LogP contribution in [0.2, 0.25) is 0 Å². The van der Waals surface area contributed by atoms with Gasteiger partial charge >= 0.3 is 5.97 Å². The summed E-state index contributed by atoms with van der Waals surface area (Å²) in [4.78, 5) is 62.9. The SMILES string of the molecule is CSCCC(NC(=O)C(N)CC(N)=O)C(=O)NCC(=O)NC(Cc1c[nH]c2ccccc12)C(=O)O. The number of carboxylic acids is 1. The van der Waals surface area contributed by atoms with Gasteiger partial charge in [0.2, 0.25) is 23.6 Å². The van der Waals surface area contributed by atoms with E-state index in [-0.39, 0.29) is 19.3 Å². The topological polar surface area (TPSA) is 209 Å². The van der Waals surface area contributed by atoms with E-state index in [9.17, 15) is 29.1 Å². The highest BCUT2D eigenvalue weighted by Crippen LogP contribution is 2.19. The number of aliphatic carboxylic acids is 1. The number of carboxylic acid groups (broad SMARTS) is 1. The van der Waals surface area contributed by atoms with E-state index in [1.807, 2.05) is 30.5 Å². The Morgan fingerprint density at radius 3 is 2.46 bits per heavy atom. The van der Waals surface area contributed by atoms with E-state index in [2.05, 4.69) is 20.9 Å². The number of H-pyrrole nitrogens is 1. The minimum atomic E-state index is -1.22. The number of aromatic nitrogens is 1. The van der Waals surface area contributed by atoms with Crippen LogP contribution in [0.4, 0.5) is 0 Å². The van der Waals surface area contributed by atoms with Gasteiger partial charge in [0.25, 0.3) is 0 Å². The lowest BCUT2D eigenvalue weighted by atomic mass is 10.0. The third kappa shape index (κ3) is 8.61. The maximum Gasteiger partial charge on any atom is 0.326 e. The number of primary amides is 1. The van der Waals surface area contributed by atoms with Crippen LogP contribution >= 0.6 is 11.8 Å². The number of benzene rings is 1. The number of thioether (sulfide) groups is 1. The molecule has 0 saturated carbocycles. The number of carbonyl (C=O) groups is 5. The van der Waals surface area contributed by atoms with Crippen LogP contribution in [-0.4, -0.2) is 76.4 Å². The van der Waals surface area contributed by atoms with Gasteiger partial charge in [-0.1, -0.05) is 18.2 Å². The third-order valence-corrected chi connectivity index (χ3v) is 5.80. The smallest absolute Gasteiger partial charge is 0.326 e. The van der Waals surface area contributed by atoms with Crippen molar-refractivity contribution in [1.29, 1.82) is 0 Å². The molecule has 2 rings (SSSR count). The van der Waals surface area contributed by atoms with Gasteiger partial charge in [0.15, 0.2) is 0 Å². The molecule has 13 heteroatoms. The quantitative estimate of drug-likeness (QED) is 0.166. The largest absolute Gasteiger partial charge is 0.480 e. The van der Waals surface area contributed by atoms with E-state index in [1.54, 1.807) is 6.20 Å². The molecule has 0 spiro atoms. The molecule has 35 heavy (non-hydrogen) atoms. The second kappa shape index (κ2) is 13.3. The fraction of sp³-hybridized carbons (Fsp3) is 0.409. The third-order valence-electron chi connectivity index (χ3n) is 5.16. The van der Waals surface area contributed by atoms with Crippen molar-refractivity contribution in [3.63, 3.8) is 0 Å². The number of nitrogens with one attached hydrogen (secondary N) is 4. The molecule has 1 aromatic heterocycles. The Kier molecular flexibility index (Phi) is 10.5. The number of aromatic amines is 1. The van der Waals surface area contributed by atoms with Gasteiger partial charge in [-0.25, -0.2) is 4.79 Å². The summed E-state index contributed by atoms with van der Waals surface area (Å²) in [5.41, 5.74) is 12.2. The molecule has 3 unspecified atom stereocenters. The van der Waals surface area contributed by atoms with Crippen LogP contribution in [0.5, 0.6) is 0 Å². The zero-order chi connectivity index (χ0) is 26.0. The minimum Gasteiger partial charge on any atom is -0.480 e. The van der Waals surface area contributed by atoms with Gasteiger partial charge in [0.05, 0.1) is 19.0 Å². The standard InChI is InChI=1S/C22H30N6O6S/c1-35-7-6-16(28-20(31)14(23)9-18(24)29)21(32)26-11-19(30)27-17(22(33)34)8-12-10-25-15-5-3-2-4-13(12)15/h2-5,10,14,16-17,25H,6-9,11,23H2,1H3,(H2,24,29)(H,26,32)(H,27,30)(H,28,31)(H,33,34). The molecule has 1 heterocycles. The van der Waals surface area contributed by atoms with Crippen LogP contribution in [0.25, 0.3) is 10.9 Å². The number of para-hydroxylation sites is 1. The fourth-order valence-corrected chi connectivity index (χ4v) is 3.82. The molecule has 3 atom stereocenters. The van der Waals surface area contributed by atoms with Crippen LogP contribution < -0.4 is 27.4 Å². The summed E-state index contributed by atoms with van der Waals surface area (Å²) in [5, 5.41) is 17.7. The van der Waals surface area contributed by atoms with Gasteiger partial charge in [-0.15, -0.1) is 0 Å². The first kappa shape index (κ1) is 27.7. The molecule has 0 fully saturated rings. The summed E-state index contributed by atoms with van der Waals surface area (Å²) < 4.78 is 0. The van der Waals surface area contributed by atoms with E-state index < -0.39 is 54.3 Å². The zero-order valence-electron chi connectivity index (χ0n) is 19.2. The first-order valence-electron chi connectivity index (χ1n) is 10.8. The molecule has 1 aromatic carbocycles. The number of amides is 4. The number of rotatable bonds is 14. The van der Waals surface area contributed by atoms with Crippen molar-refractivity contribution < 1.29 is 29.1 Å². The van der Waals surface area contributed by atoms with Crippen LogP contribution in [0.3, 0.4) is 0 Å². The predicted molar refractivity (Wildman–Crippen MR) is 131 cm³/mol. The van der Waals surface area contributed by atoms with E-state index in [0.29, 0.717) is 5.75 Å². The lowest BCUT2D eigenvalue weighted by molar-refractivity contribution is -0.141. The van der Waals surface area contributed by atoms with Gasteiger partial charge in [-0.3, -0.25) is 19.2 Å². The van der Waals surface area contributed by atoms with Crippen molar-refractivity contribution in [2.24, 2.45) is 11.5 Å². The van der Waals surface area contributed by atoms with Crippen LogP contribution in [0.1, 0.15) is 18.4 Å². The molecule has 0 saturated heterocycles. The van der Waals surface area contributed by atoms with Crippen LogP contribution in [0, 0.1) is 0 Å². The minimum absolute atomic E-state index is 0.0448. The predicted octanol–water partition coefficient (Wildman–Crippen LogP) is -1.16. The Labute approximate surface area is 205 Å². The van der Waals surface area contributed by atoms with E-state index in [4.69, 9.17) is 11.5 Å². The molecule has 2 aromatic rings. The van der Waals surface area contributed by atoms with Gasteiger partial charge < -0.3 is 37.5 Å². The molecule has 4 amide bonds. The van der Waals surface area contributed by atoms with Gasteiger partial charge in [0, 0.05) is 23.5 Å². The van der Waals surface area contributed by atoms with Crippen molar-refractivity contribution >= 4 is 52.3 Å². The lowest BCUT2D eigenvalue weighted by Crippen LogP contribution is -2.54. The second-order valence-corrected chi connectivity index (χ2v) is 8.84. The normalized spacial score (nSPS) is 13.4. The monoisotopic (exact) mass is 506 g/mol. The Morgan fingerprint density at radius 2 is 1.80 bits per heavy atom. The summed E-state index contributed by atoms with van der Waals surface area (Å²) in [6.45, 7) is -0.491. The van der Waals surface area contributed by atoms with Gasteiger partial charge in [0.1, 0.15) is 12.1 Å². The van der Waals surface area contributed by atoms with Crippen LogP contribution in [-0.2, 0) is 30.4 Å². The molecular weight excluding hydrogens is 476 g/mol. The summed E-state index contributed by atoms with van der Waals surface area (Å²) in [6.07, 6.45) is 3.43. The van der Waals surface area contributed by atoms with E-state index in [1.165, 1.54) is 11.8 Å². The number of hydrogen-bond acceptors (Lipinski definition) is 7. The average molecular weight is 507 g/mol. The molecular formula is C22H30N6O6S. The molecule has 9 N–H and O–H groups in total. The Balaban J connectivity index is 1.95. The highest BCUT2D eigenvalue weighted by molar-refractivity contribution is 7.98.